The van der Waals surface area contributed by atoms with Gasteiger partial charge in [0.25, 0.3) is 0 Å². The van der Waals surface area contributed by atoms with E-state index in [-0.39, 0.29) is 6.03 Å². The molecule has 0 aliphatic rings. The Hall–Kier alpha value is -3.28. The third-order valence-electron chi connectivity index (χ3n) is 3.81. The van der Waals surface area contributed by atoms with Crippen LogP contribution in [0.5, 0.6) is 11.5 Å². The number of rotatable bonds is 7. The Morgan fingerprint density at radius 2 is 1.77 bits per heavy atom. The highest BCUT2D eigenvalue weighted by Gasteiger charge is 2.02. The number of amides is 2. The number of ether oxygens (including phenoxy) is 1. The molecule has 6 nitrogen and oxygen atoms in total. The lowest BCUT2D eigenvalue weighted by Crippen LogP contribution is -2.29. The van der Waals surface area contributed by atoms with Crippen molar-refractivity contribution in [2.24, 2.45) is 0 Å². The molecule has 0 aliphatic heterocycles. The molecule has 2 amide bonds. The van der Waals surface area contributed by atoms with Crippen molar-refractivity contribution in [1.29, 1.82) is 0 Å². The van der Waals surface area contributed by atoms with E-state index in [1.165, 1.54) is 5.56 Å². The first kappa shape index (κ1) is 17.5. The molecule has 0 saturated carbocycles. The van der Waals surface area contributed by atoms with Gasteiger partial charge in [-0.15, -0.1) is 0 Å². The molecule has 0 aliphatic carbocycles. The Morgan fingerprint density at radius 3 is 2.42 bits per heavy atom. The highest BCUT2D eigenvalue weighted by molar-refractivity contribution is 5.89. The monoisotopic (exact) mass is 350 g/mol. The molecule has 3 rings (SSSR count). The highest BCUT2D eigenvalue weighted by atomic mass is 16.5. The summed E-state index contributed by atoms with van der Waals surface area (Å²) >= 11 is 0. The van der Waals surface area contributed by atoms with Crippen molar-refractivity contribution in [2.75, 3.05) is 11.9 Å². The third-order valence-corrected chi connectivity index (χ3v) is 3.81. The van der Waals surface area contributed by atoms with Crippen LogP contribution in [0, 0.1) is 6.92 Å². The van der Waals surface area contributed by atoms with Gasteiger partial charge in [0.15, 0.2) is 0 Å². The topological polar surface area (TPSA) is 68.2 Å². The third kappa shape index (κ3) is 5.37. The summed E-state index contributed by atoms with van der Waals surface area (Å²) in [6, 6.07) is 14.9. The molecular formula is C20H22N4O2. The van der Waals surface area contributed by atoms with E-state index in [9.17, 15) is 4.79 Å². The molecule has 134 valence electrons. The number of nitrogens with one attached hydrogen (secondary N) is 2. The summed E-state index contributed by atoms with van der Waals surface area (Å²) in [6.07, 6.45) is 6.25. The Morgan fingerprint density at radius 1 is 1.08 bits per heavy atom. The Balaban J connectivity index is 1.41. The zero-order valence-electron chi connectivity index (χ0n) is 14.7. The number of aryl methyl sites for hydroxylation is 2. The summed E-state index contributed by atoms with van der Waals surface area (Å²) < 4.78 is 7.75. The number of carbonyl (C=O) groups excluding carboxylic acids is 1. The second-order valence-electron chi connectivity index (χ2n) is 5.97. The van der Waals surface area contributed by atoms with Crippen LogP contribution in [0.15, 0.2) is 67.3 Å². The summed E-state index contributed by atoms with van der Waals surface area (Å²) in [5.74, 6) is 1.51. The van der Waals surface area contributed by atoms with Gasteiger partial charge >= 0.3 is 6.03 Å². The maximum Gasteiger partial charge on any atom is 0.319 e. The number of hydrogen-bond acceptors (Lipinski definition) is 3. The molecule has 0 unspecified atom stereocenters. The van der Waals surface area contributed by atoms with Crippen LogP contribution in [0.1, 0.15) is 12.0 Å². The molecule has 0 fully saturated rings. The van der Waals surface area contributed by atoms with Crippen molar-refractivity contribution in [1.82, 2.24) is 14.9 Å². The highest BCUT2D eigenvalue weighted by Crippen LogP contribution is 2.23. The number of aromatic nitrogens is 2. The fraction of sp³-hybridized carbons (Fsp3) is 0.200. The van der Waals surface area contributed by atoms with Gasteiger partial charge in [-0.05, 0) is 49.7 Å². The molecule has 6 heteroatoms. The van der Waals surface area contributed by atoms with E-state index in [0.717, 1.165) is 24.5 Å². The zero-order chi connectivity index (χ0) is 18.2. The summed E-state index contributed by atoms with van der Waals surface area (Å²) in [5.41, 5.74) is 1.90. The van der Waals surface area contributed by atoms with Crippen LogP contribution >= 0.6 is 0 Å². The van der Waals surface area contributed by atoms with E-state index >= 15 is 0 Å². The van der Waals surface area contributed by atoms with Crippen molar-refractivity contribution in [3.8, 4) is 11.5 Å². The number of urea groups is 1. The molecular weight excluding hydrogens is 328 g/mol. The van der Waals surface area contributed by atoms with E-state index in [1.54, 1.807) is 12.5 Å². The van der Waals surface area contributed by atoms with Gasteiger partial charge in [-0.25, -0.2) is 9.78 Å². The van der Waals surface area contributed by atoms with Crippen molar-refractivity contribution in [2.45, 2.75) is 19.9 Å². The molecule has 26 heavy (non-hydrogen) atoms. The molecule has 1 aromatic heterocycles. The largest absolute Gasteiger partial charge is 0.457 e. The van der Waals surface area contributed by atoms with Crippen molar-refractivity contribution >= 4 is 11.7 Å². The lowest BCUT2D eigenvalue weighted by Gasteiger charge is -2.09. The Kier molecular flexibility index (Phi) is 5.88. The SMILES string of the molecule is Cc1ccc(Oc2ccc(NC(=O)NCCCn3ccnc3)cc2)cc1. The van der Waals surface area contributed by atoms with Crippen LogP contribution < -0.4 is 15.4 Å². The summed E-state index contributed by atoms with van der Waals surface area (Å²) in [4.78, 5) is 15.9. The van der Waals surface area contributed by atoms with Gasteiger partial charge in [0.05, 0.1) is 6.33 Å². The second kappa shape index (κ2) is 8.71. The quantitative estimate of drug-likeness (QED) is 0.628. The normalized spacial score (nSPS) is 10.3. The summed E-state index contributed by atoms with van der Waals surface area (Å²) in [5, 5.41) is 5.65. The molecule has 2 N–H and O–H groups in total. The molecule has 0 spiro atoms. The molecule has 0 radical (unpaired) electrons. The van der Waals surface area contributed by atoms with Crippen molar-refractivity contribution in [3.05, 3.63) is 72.8 Å². The maximum absolute atomic E-state index is 11.9. The molecule has 0 bridgehead atoms. The molecule has 0 saturated heterocycles. The van der Waals surface area contributed by atoms with Gasteiger partial charge in [-0.3, -0.25) is 0 Å². The predicted molar refractivity (Wildman–Crippen MR) is 102 cm³/mol. The van der Waals surface area contributed by atoms with E-state index in [2.05, 4.69) is 15.6 Å². The van der Waals surface area contributed by atoms with Crippen LogP contribution in [0.25, 0.3) is 0 Å². The summed E-state index contributed by atoms with van der Waals surface area (Å²) in [7, 11) is 0. The van der Waals surface area contributed by atoms with Gasteiger partial charge < -0.3 is 19.9 Å². The average Bonchev–Trinajstić information content (AvgIpc) is 3.16. The van der Waals surface area contributed by atoms with E-state index in [4.69, 9.17) is 4.74 Å². The Bertz CT molecular complexity index is 812. The fourth-order valence-electron chi connectivity index (χ4n) is 2.41. The lowest BCUT2D eigenvalue weighted by molar-refractivity contribution is 0.252. The number of imidazole rings is 1. The standard InChI is InChI=1S/C20H22N4O2/c1-16-3-7-18(8-4-16)26-19-9-5-17(6-10-19)23-20(25)22-11-2-13-24-14-12-21-15-24/h3-10,12,14-15H,2,11,13H2,1H3,(H2,22,23,25). The molecule has 3 aromatic rings. The van der Waals surface area contributed by atoms with Crippen molar-refractivity contribution in [3.63, 3.8) is 0 Å². The van der Waals surface area contributed by atoms with Gasteiger partial charge in [-0.1, -0.05) is 17.7 Å². The minimum absolute atomic E-state index is 0.220. The number of benzene rings is 2. The van der Waals surface area contributed by atoms with Gasteiger partial charge in [0.2, 0.25) is 0 Å². The second-order valence-corrected chi connectivity index (χ2v) is 5.97. The lowest BCUT2D eigenvalue weighted by atomic mass is 10.2. The van der Waals surface area contributed by atoms with Gasteiger partial charge in [0.1, 0.15) is 11.5 Å². The number of nitrogens with zero attached hydrogens (tertiary/aromatic N) is 2. The van der Waals surface area contributed by atoms with Crippen LogP contribution in [-0.4, -0.2) is 22.1 Å². The number of hydrogen-bond donors (Lipinski definition) is 2. The van der Waals surface area contributed by atoms with Crippen LogP contribution in [-0.2, 0) is 6.54 Å². The minimum atomic E-state index is -0.220. The molecule has 2 aromatic carbocycles. The Labute approximate surface area is 152 Å². The van der Waals surface area contributed by atoms with E-state index in [0.29, 0.717) is 12.2 Å². The van der Waals surface area contributed by atoms with Gasteiger partial charge in [-0.2, -0.15) is 0 Å². The number of carbonyl (C=O) groups is 1. The first-order chi connectivity index (χ1) is 12.7. The first-order valence-corrected chi connectivity index (χ1v) is 8.54. The minimum Gasteiger partial charge on any atom is -0.457 e. The summed E-state index contributed by atoms with van der Waals surface area (Å²) in [6.45, 7) is 3.46. The molecule has 0 atom stereocenters. The zero-order valence-corrected chi connectivity index (χ0v) is 14.7. The molecule has 1 heterocycles. The van der Waals surface area contributed by atoms with Gasteiger partial charge in [0, 0.05) is 31.2 Å². The van der Waals surface area contributed by atoms with Crippen molar-refractivity contribution < 1.29 is 9.53 Å². The predicted octanol–water partition coefficient (Wildman–Crippen LogP) is 4.20. The maximum atomic E-state index is 11.9. The van der Waals surface area contributed by atoms with Crippen LogP contribution in [0.4, 0.5) is 10.5 Å². The van der Waals surface area contributed by atoms with E-state index in [1.807, 2.05) is 66.2 Å². The average molecular weight is 350 g/mol. The van der Waals surface area contributed by atoms with E-state index < -0.39 is 0 Å². The first-order valence-electron chi connectivity index (χ1n) is 8.54. The smallest absolute Gasteiger partial charge is 0.319 e. The van der Waals surface area contributed by atoms with Crippen LogP contribution in [0.2, 0.25) is 0 Å². The fourth-order valence-corrected chi connectivity index (χ4v) is 2.41. The number of anilines is 1. The van der Waals surface area contributed by atoms with Crippen LogP contribution in [0.3, 0.4) is 0 Å².